The molecule has 19 heavy (non-hydrogen) atoms. The van der Waals surface area contributed by atoms with Crippen molar-refractivity contribution in [1.82, 2.24) is 0 Å². The second-order valence-electron chi connectivity index (χ2n) is 7.23. The van der Waals surface area contributed by atoms with E-state index in [-0.39, 0.29) is 0 Å². The lowest BCUT2D eigenvalue weighted by Crippen LogP contribution is -2.27. The van der Waals surface area contributed by atoms with Crippen LogP contribution in [0, 0.1) is 23.2 Å². The predicted octanol–water partition coefficient (Wildman–Crippen LogP) is 4.93. The highest BCUT2D eigenvalue weighted by molar-refractivity contribution is 5.73. The molecule has 0 bridgehead atoms. The lowest BCUT2D eigenvalue weighted by molar-refractivity contribution is -0.105. The van der Waals surface area contributed by atoms with E-state index in [1.807, 2.05) is 0 Å². The molecule has 0 heterocycles. The monoisotopic (exact) mass is 260 g/mol. The largest absolute Gasteiger partial charge is 0.298 e. The van der Waals surface area contributed by atoms with E-state index < -0.39 is 0 Å². The van der Waals surface area contributed by atoms with Gasteiger partial charge >= 0.3 is 0 Å². The van der Waals surface area contributed by atoms with Crippen molar-refractivity contribution < 1.29 is 4.79 Å². The molecule has 106 valence electrons. The summed E-state index contributed by atoms with van der Waals surface area (Å²) in [5.41, 5.74) is 4.41. The van der Waals surface area contributed by atoms with E-state index in [1.165, 1.54) is 18.4 Å². The lowest BCUT2D eigenvalue weighted by atomic mass is 9.68. The van der Waals surface area contributed by atoms with Crippen LogP contribution in [0.25, 0.3) is 0 Å². The van der Waals surface area contributed by atoms with Crippen molar-refractivity contribution in [3.05, 3.63) is 22.8 Å². The van der Waals surface area contributed by atoms with Crippen molar-refractivity contribution in [3.63, 3.8) is 0 Å². The third kappa shape index (κ3) is 2.44. The van der Waals surface area contributed by atoms with Crippen LogP contribution in [-0.4, -0.2) is 6.29 Å². The first kappa shape index (κ1) is 14.6. The fourth-order valence-corrected chi connectivity index (χ4v) is 4.48. The summed E-state index contributed by atoms with van der Waals surface area (Å²) < 4.78 is 0. The molecular weight excluding hydrogens is 232 g/mol. The lowest BCUT2D eigenvalue weighted by Gasteiger charge is -2.36. The molecule has 0 amide bonds. The zero-order valence-electron chi connectivity index (χ0n) is 13.1. The molecule has 1 saturated carbocycles. The van der Waals surface area contributed by atoms with Crippen molar-refractivity contribution in [2.75, 3.05) is 0 Å². The zero-order chi connectivity index (χ0) is 14.2. The van der Waals surface area contributed by atoms with Crippen LogP contribution in [0.1, 0.15) is 60.3 Å². The Morgan fingerprint density at radius 2 is 2.05 bits per heavy atom. The van der Waals surface area contributed by atoms with Gasteiger partial charge in [-0.1, -0.05) is 38.0 Å². The molecule has 0 spiro atoms. The minimum absolute atomic E-state index is 0.290. The van der Waals surface area contributed by atoms with Gasteiger partial charge in [0.25, 0.3) is 0 Å². The fraction of sp³-hybridized carbons (Fsp3) is 0.722. The van der Waals surface area contributed by atoms with Gasteiger partial charge in [-0.2, -0.15) is 0 Å². The van der Waals surface area contributed by atoms with Crippen molar-refractivity contribution in [1.29, 1.82) is 0 Å². The number of carbonyl (C=O) groups excluding carboxylic acids is 1. The molecule has 2 rings (SSSR count). The number of hydrogen-bond donors (Lipinski definition) is 0. The molecule has 0 saturated heterocycles. The van der Waals surface area contributed by atoms with E-state index in [9.17, 15) is 4.79 Å². The summed E-state index contributed by atoms with van der Waals surface area (Å²) in [6.45, 7) is 11.6. The number of fused-ring (bicyclic) bond motifs is 1. The summed E-state index contributed by atoms with van der Waals surface area (Å²) in [7, 11) is 0. The van der Waals surface area contributed by atoms with Gasteiger partial charge in [0.1, 0.15) is 6.29 Å². The fourth-order valence-electron chi connectivity index (χ4n) is 4.48. The van der Waals surface area contributed by atoms with Gasteiger partial charge in [-0.3, -0.25) is 4.79 Å². The third-order valence-electron chi connectivity index (χ3n) is 5.55. The molecule has 1 fully saturated rings. The normalized spacial score (nSPS) is 34.8. The molecule has 2 aliphatic rings. The summed E-state index contributed by atoms with van der Waals surface area (Å²) in [4.78, 5) is 11.3. The molecule has 0 aliphatic heterocycles. The second-order valence-corrected chi connectivity index (χ2v) is 7.23. The molecule has 0 N–H and O–H groups in total. The molecule has 0 aromatic carbocycles. The maximum Gasteiger partial charge on any atom is 0.145 e. The SMILES string of the molecule is CC(C)=C1CCC(C=O)=C[C@H]2[C@H](C(C)C)CC[C@@]12C. The molecule has 1 heteroatoms. The van der Waals surface area contributed by atoms with Gasteiger partial charge in [0, 0.05) is 0 Å². The van der Waals surface area contributed by atoms with Crippen LogP contribution in [0.15, 0.2) is 22.8 Å². The van der Waals surface area contributed by atoms with Crippen LogP contribution in [0.2, 0.25) is 0 Å². The van der Waals surface area contributed by atoms with Crippen LogP contribution >= 0.6 is 0 Å². The van der Waals surface area contributed by atoms with E-state index in [4.69, 9.17) is 0 Å². The molecular formula is C18H28O. The van der Waals surface area contributed by atoms with Gasteiger partial charge in [-0.25, -0.2) is 0 Å². The first-order valence-corrected chi connectivity index (χ1v) is 7.73. The standard InChI is InChI=1S/C18H28O/c1-12(2)15-8-9-18(5)16(13(3)4)7-6-14(11-19)10-17(15)18/h10-12,15,17H,6-9H2,1-5H3/t15-,17-,18-/m0/s1. The van der Waals surface area contributed by atoms with Gasteiger partial charge in [-0.15, -0.1) is 0 Å². The van der Waals surface area contributed by atoms with Crippen molar-refractivity contribution >= 4 is 6.29 Å². The summed E-state index contributed by atoms with van der Waals surface area (Å²) >= 11 is 0. The van der Waals surface area contributed by atoms with Crippen LogP contribution in [0.3, 0.4) is 0 Å². The number of rotatable bonds is 2. The Bertz CT molecular complexity index is 423. The number of carbonyl (C=O) groups is 1. The van der Waals surface area contributed by atoms with E-state index in [0.717, 1.165) is 30.6 Å². The minimum Gasteiger partial charge on any atom is -0.298 e. The van der Waals surface area contributed by atoms with Crippen LogP contribution < -0.4 is 0 Å². The van der Waals surface area contributed by atoms with E-state index in [0.29, 0.717) is 17.3 Å². The summed E-state index contributed by atoms with van der Waals surface area (Å²) in [6.07, 6.45) is 8.00. The van der Waals surface area contributed by atoms with Crippen molar-refractivity contribution in [2.24, 2.45) is 23.2 Å². The molecule has 0 aromatic rings. The Labute approximate surface area is 118 Å². The third-order valence-corrected chi connectivity index (χ3v) is 5.55. The molecule has 1 nitrogen and oxygen atoms in total. The maximum atomic E-state index is 11.3. The Balaban J connectivity index is 2.50. The Morgan fingerprint density at radius 3 is 2.58 bits per heavy atom. The van der Waals surface area contributed by atoms with Gasteiger partial charge in [0.15, 0.2) is 0 Å². The molecule has 0 radical (unpaired) electrons. The summed E-state index contributed by atoms with van der Waals surface area (Å²) in [6, 6.07) is 0. The van der Waals surface area contributed by atoms with E-state index >= 15 is 0 Å². The maximum absolute atomic E-state index is 11.3. The smallest absolute Gasteiger partial charge is 0.145 e. The Hall–Kier alpha value is -0.850. The van der Waals surface area contributed by atoms with Gasteiger partial charge in [-0.05, 0) is 68.3 Å². The van der Waals surface area contributed by atoms with Crippen LogP contribution in [-0.2, 0) is 4.79 Å². The summed E-state index contributed by atoms with van der Waals surface area (Å²) in [5, 5.41) is 0. The average molecular weight is 260 g/mol. The molecule has 3 atom stereocenters. The first-order valence-electron chi connectivity index (χ1n) is 7.73. The van der Waals surface area contributed by atoms with E-state index in [1.54, 1.807) is 5.57 Å². The van der Waals surface area contributed by atoms with Gasteiger partial charge in [0.2, 0.25) is 0 Å². The molecule has 2 aliphatic carbocycles. The topological polar surface area (TPSA) is 17.1 Å². The number of aldehydes is 1. The highest BCUT2D eigenvalue weighted by Crippen LogP contribution is 2.57. The highest BCUT2D eigenvalue weighted by atomic mass is 16.1. The average Bonchev–Trinajstić information content (AvgIpc) is 2.58. The second kappa shape index (κ2) is 5.26. The Morgan fingerprint density at radius 1 is 1.37 bits per heavy atom. The van der Waals surface area contributed by atoms with Gasteiger partial charge in [0.05, 0.1) is 0 Å². The first-order chi connectivity index (χ1) is 8.90. The molecule has 0 aromatic heterocycles. The summed E-state index contributed by atoms with van der Waals surface area (Å²) in [5.74, 6) is 1.99. The van der Waals surface area contributed by atoms with Crippen LogP contribution in [0.5, 0.6) is 0 Å². The zero-order valence-corrected chi connectivity index (χ0v) is 13.1. The highest BCUT2D eigenvalue weighted by Gasteiger charge is 2.48. The quantitative estimate of drug-likeness (QED) is 0.508. The minimum atomic E-state index is 0.290. The predicted molar refractivity (Wildman–Crippen MR) is 80.9 cm³/mol. The van der Waals surface area contributed by atoms with Crippen molar-refractivity contribution in [2.45, 2.75) is 60.3 Å². The number of hydrogen-bond acceptors (Lipinski definition) is 1. The Kier molecular flexibility index (Phi) is 4.03. The van der Waals surface area contributed by atoms with E-state index in [2.05, 4.69) is 40.7 Å². The molecule has 0 unspecified atom stereocenters. The van der Waals surface area contributed by atoms with Crippen LogP contribution in [0.4, 0.5) is 0 Å². The van der Waals surface area contributed by atoms with Gasteiger partial charge < -0.3 is 0 Å². The van der Waals surface area contributed by atoms with Crippen molar-refractivity contribution in [3.8, 4) is 0 Å². The number of allylic oxidation sites excluding steroid dienone is 4.